The molecule has 6 heteroatoms. The van der Waals surface area contributed by atoms with E-state index in [0.29, 0.717) is 18.3 Å². The van der Waals surface area contributed by atoms with Crippen molar-refractivity contribution in [3.8, 4) is 22.9 Å². The molecule has 2 N–H and O–H groups in total. The van der Waals surface area contributed by atoms with Crippen LogP contribution < -0.4 is 10.5 Å². The first-order chi connectivity index (χ1) is 16.0. The number of nitrogens with two attached hydrogens (primary N) is 1. The summed E-state index contributed by atoms with van der Waals surface area (Å²) in [5.41, 5.74) is 10.3. The fraction of sp³-hybridized carbons (Fsp3) is 0.481. The SMILES string of the molecule is Cc1cc(C#N)cc(-c2ccc3c(c2)[C@@]2(COC(N)=N2)[C@H]2C[C@@H](OC4CCC4)CCC2O3)c1. The summed E-state index contributed by atoms with van der Waals surface area (Å²) in [5, 5.41) is 9.43. The van der Waals surface area contributed by atoms with Gasteiger partial charge in [-0.3, -0.25) is 0 Å². The van der Waals surface area contributed by atoms with Crippen molar-refractivity contribution in [3.05, 3.63) is 53.1 Å². The number of ether oxygens (including phenoxy) is 3. The van der Waals surface area contributed by atoms with Crippen LogP contribution in [0.4, 0.5) is 0 Å². The fourth-order valence-electron chi connectivity index (χ4n) is 5.95. The highest BCUT2D eigenvalue weighted by molar-refractivity contribution is 5.76. The summed E-state index contributed by atoms with van der Waals surface area (Å²) in [6.07, 6.45) is 7.20. The molecule has 33 heavy (non-hydrogen) atoms. The number of fused-ring (bicyclic) bond motifs is 4. The van der Waals surface area contributed by atoms with E-state index in [-0.39, 0.29) is 24.1 Å². The molecule has 0 saturated heterocycles. The fourth-order valence-corrected chi connectivity index (χ4v) is 5.95. The third-order valence-corrected chi connectivity index (χ3v) is 7.80. The predicted octanol–water partition coefficient (Wildman–Crippen LogP) is 4.57. The molecule has 1 spiro atoms. The van der Waals surface area contributed by atoms with Crippen LogP contribution in [-0.4, -0.2) is 30.9 Å². The van der Waals surface area contributed by atoms with Crippen LogP contribution in [-0.2, 0) is 15.0 Å². The van der Waals surface area contributed by atoms with E-state index in [2.05, 4.69) is 24.3 Å². The van der Waals surface area contributed by atoms with Crippen LogP contribution in [0.15, 0.2) is 41.4 Å². The van der Waals surface area contributed by atoms with Crippen molar-refractivity contribution in [1.82, 2.24) is 0 Å². The average Bonchev–Trinajstić information content (AvgIpc) is 3.18. The van der Waals surface area contributed by atoms with Crippen molar-refractivity contribution < 1.29 is 14.2 Å². The highest BCUT2D eigenvalue weighted by Crippen LogP contribution is 2.53. The highest BCUT2D eigenvalue weighted by atomic mass is 16.5. The van der Waals surface area contributed by atoms with Crippen LogP contribution in [0.5, 0.6) is 5.75 Å². The maximum atomic E-state index is 9.43. The molecule has 2 aromatic carbocycles. The van der Waals surface area contributed by atoms with Crippen molar-refractivity contribution >= 4 is 6.02 Å². The van der Waals surface area contributed by atoms with Gasteiger partial charge >= 0.3 is 0 Å². The summed E-state index contributed by atoms with van der Waals surface area (Å²) in [4.78, 5) is 4.92. The molecule has 4 atom stereocenters. The Kier molecular flexibility index (Phi) is 4.84. The maximum absolute atomic E-state index is 9.43. The number of aliphatic imine (C=N–C) groups is 1. The Bertz CT molecular complexity index is 1170. The largest absolute Gasteiger partial charge is 0.490 e. The van der Waals surface area contributed by atoms with Crippen molar-refractivity contribution in [2.45, 2.75) is 69.3 Å². The van der Waals surface area contributed by atoms with Gasteiger partial charge in [0, 0.05) is 11.5 Å². The predicted molar refractivity (Wildman–Crippen MR) is 125 cm³/mol. The van der Waals surface area contributed by atoms with Gasteiger partial charge in [-0.15, -0.1) is 0 Å². The second-order valence-corrected chi connectivity index (χ2v) is 9.96. The normalized spacial score (nSPS) is 30.3. The van der Waals surface area contributed by atoms with Gasteiger partial charge in [0.25, 0.3) is 6.02 Å². The lowest BCUT2D eigenvalue weighted by Gasteiger charge is -2.48. The third kappa shape index (κ3) is 3.46. The van der Waals surface area contributed by atoms with E-state index in [0.717, 1.165) is 47.3 Å². The molecular weight excluding hydrogens is 414 g/mol. The molecule has 0 radical (unpaired) electrons. The molecule has 6 nitrogen and oxygen atoms in total. The first kappa shape index (κ1) is 20.6. The molecule has 0 aromatic heterocycles. The number of nitriles is 1. The van der Waals surface area contributed by atoms with Gasteiger partial charge in [0.15, 0.2) is 0 Å². The van der Waals surface area contributed by atoms with Crippen molar-refractivity contribution in [3.63, 3.8) is 0 Å². The molecule has 170 valence electrons. The van der Waals surface area contributed by atoms with Gasteiger partial charge in [-0.05, 0) is 86.4 Å². The molecule has 2 aromatic rings. The van der Waals surface area contributed by atoms with Gasteiger partial charge < -0.3 is 19.9 Å². The van der Waals surface area contributed by atoms with E-state index >= 15 is 0 Å². The summed E-state index contributed by atoms with van der Waals surface area (Å²) in [5.74, 6) is 1.00. The van der Waals surface area contributed by atoms with Gasteiger partial charge in [-0.25, -0.2) is 4.99 Å². The van der Waals surface area contributed by atoms with E-state index in [9.17, 15) is 5.26 Å². The minimum absolute atomic E-state index is 0.0759. The Hall–Kier alpha value is -3.04. The average molecular weight is 444 g/mol. The lowest BCUT2D eigenvalue weighted by molar-refractivity contribution is -0.106. The Morgan fingerprint density at radius 1 is 1.09 bits per heavy atom. The van der Waals surface area contributed by atoms with Crippen molar-refractivity contribution in [1.29, 1.82) is 5.26 Å². The minimum Gasteiger partial charge on any atom is -0.490 e. The standard InChI is InChI=1S/C27H29N3O3/c1-16-9-17(14-28)11-19(10-16)18-5-7-24-22(12-18)27(15-31-26(29)30-27)23-13-21(6-8-25(23)33-24)32-20-3-2-4-20/h5,7,9-12,20-21,23,25H,2-4,6,8,13,15H2,1H3,(H2,29,30)/t21-,23-,25?,27-/m0/s1. The van der Waals surface area contributed by atoms with Gasteiger partial charge in [0.2, 0.25) is 0 Å². The van der Waals surface area contributed by atoms with Crippen molar-refractivity contribution in [2.75, 3.05) is 6.61 Å². The monoisotopic (exact) mass is 443 g/mol. The van der Waals surface area contributed by atoms with E-state index in [1.54, 1.807) is 0 Å². The molecule has 2 aliphatic heterocycles. The summed E-state index contributed by atoms with van der Waals surface area (Å²) < 4.78 is 18.7. The van der Waals surface area contributed by atoms with Crippen LogP contribution in [0.1, 0.15) is 55.2 Å². The molecule has 0 amide bonds. The van der Waals surface area contributed by atoms with E-state index in [4.69, 9.17) is 24.9 Å². The number of amidine groups is 1. The number of aryl methyl sites for hydroxylation is 1. The van der Waals surface area contributed by atoms with Gasteiger partial charge in [-0.2, -0.15) is 5.26 Å². The number of benzene rings is 2. The lowest BCUT2D eigenvalue weighted by Crippen LogP contribution is -2.52. The first-order valence-corrected chi connectivity index (χ1v) is 12.0. The van der Waals surface area contributed by atoms with E-state index in [1.807, 2.05) is 25.1 Å². The zero-order valence-corrected chi connectivity index (χ0v) is 18.9. The van der Waals surface area contributed by atoms with Crippen LogP contribution in [0, 0.1) is 24.2 Å². The maximum Gasteiger partial charge on any atom is 0.283 e. The molecule has 1 unspecified atom stereocenters. The zero-order chi connectivity index (χ0) is 22.6. The minimum atomic E-state index is -0.568. The molecule has 2 fully saturated rings. The first-order valence-electron chi connectivity index (χ1n) is 12.0. The number of rotatable bonds is 3. The summed E-state index contributed by atoms with van der Waals surface area (Å²) >= 11 is 0. The topological polar surface area (TPSA) is 89.9 Å². The van der Waals surface area contributed by atoms with Gasteiger partial charge in [0.1, 0.15) is 24.0 Å². The summed E-state index contributed by atoms with van der Waals surface area (Å²) in [6.45, 7) is 2.44. The van der Waals surface area contributed by atoms with E-state index in [1.165, 1.54) is 19.3 Å². The lowest BCUT2D eigenvalue weighted by atomic mass is 9.67. The van der Waals surface area contributed by atoms with Crippen molar-refractivity contribution in [2.24, 2.45) is 16.6 Å². The molecule has 2 aliphatic carbocycles. The summed E-state index contributed by atoms with van der Waals surface area (Å²) in [7, 11) is 0. The van der Waals surface area contributed by atoms with Crippen LogP contribution in [0.25, 0.3) is 11.1 Å². The van der Waals surface area contributed by atoms with Crippen LogP contribution >= 0.6 is 0 Å². The van der Waals surface area contributed by atoms with Crippen LogP contribution in [0.3, 0.4) is 0 Å². The summed E-state index contributed by atoms with van der Waals surface area (Å²) in [6, 6.07) is 14.7. The third-order valence-electron chi connectivity index (χ3n) is 7.80. The Morgan fingerprint density at radius 3 is 2.70 bits per heavy atom. The Balaban J connectivity index is 1.41. The molecule has 6 rings (SSSR count). The van der Waals surface area contributed by atoms with E-state index < -0.39 is 5.54 Å². The quantitative estimate of drug-likeness (QED) is 0.750. The zero-order valence-electron chi connectivity index (χ0n) is 18.9. The number of nitrogens with zero attached hydrogens (tertiary/aromatic N) is 2. The Morgan fingerprint density at radius 2 is 1.97 bits per heavy atom. The second-order valence-electron chi connectivity index (χ2n) is 9.96. The van der Waals surface area contributed by atoms with Crippen LogP contribution in [0.2, 0.25) is 0 Å². The molecule has 2 heterocycles. The smallest absolute Gasteiger partial charge is 0.283 e. The molecule has 2 saturated carbocycles. The second kappa shape index (κ2) is 7.78. The van der Waals surface area contributed by atoms with Gasteiger partial charge in [0.05, 0.1) is 23.8 Å². The van der Waals surface area contributed by atoms with Gasteiger partial charge in [-0.1, -0.05) is 12.1 Å². The molecular formula is C27H29N3O3. The molecule has 0 bridgehead atoms. The highest BCUT2D eigenvalue weighted by Gasteiger charge is 2.56. The number of hydrogen-bond donors (Lipinski definition) is 1. The molecule has 4 aliphatic rings. The number of hydrogen-bond acceptors (Lipinski definition) is 6. The Labute approximate surface area is 194 Å².